The monoisotopic (exact) mass is 442 g/mol. The Morgan fingerprint density at radius 3 is 2.06 bits per heavy atom. The molecule has 184 valence electrons. The van der Waals surface area contributed by atoms with Crippen LogP contribution in [0.25, 0.3) is 0 Å². The molecule has 32 heavy (non-hydrogen) atoms. The summed E-state index contributed by atoms with van der Waals surface area (Å²) in [5, 5.41) is 0. The maximum Gasteiger partial charge on any atom is 0.136 e. The van der Waals surface area contributed by atoms with Gasteiger partial charge in [0.25, 0.3) is 0 Å². The Balaban J connectivity index is 1.54. The summed E-state index contributed by atoms with van der Waals surface area (Å²) in [7, 11) is 0. The van der Waals surface area contributed by atoms with Crippen LogP contribution >= 0.6 is 0 Å². The lowest BCUT2D eigenvalue weighted by molar-refractivity contribution is -0.157. The van der Waals surface area contributed by atoms with Crippen molar-refractivity contribution in [1.82, 2.24) is 0 Å². The van der Waals surface area contributed by atoms with Crippen molar-refractivity contribution in [2.24, 2.45) is 75.9 Å². The van der Waals surface area contributed by atoms with Crippen LogP contribution in [0.5, 0.6) is 0 Å². The molecule has 0 N–H and O–H groups in total. The highest BCUT2D eigenvalue weighted by atomic mass is 16.1. The third-order valence-corrected chi connectivity index (χ3v) is 13.0. The van der Waals surface area contributed by atoms with Gasteiger partial charge in [-0.15, -0.1) is 0 Å². The summed E-state index contributed by atoms with van der Waals surface area (Å²) in [4.78, 5) is 13.5. The summed E-state index contributed by atoms with van der Waals surface area (Å²) in [6.45, 7) is 22.5. The Hall–Kier alpha value is -0.330. The van der Waals surface area contributed by atoms with Crippen LogP contribution in [0.15, 0.2) is 0 Å². The third-order valence-electron chi connectivity index (χ3n) is 13.0. The fourth-order valence-electron chi connectivity index (χ4n) is 10.1. The van der Waals surface area contributed by atoms with E-state index in [2.05, 4.69) is 62.3 Å². The van der Waals surface area contributed by atoms with E-state index in [1.54, 1.807) is 0 Å². The van der Waals surface area contributed by atoms with Crippen LogP contribution in [-0.4, -0.2) is 5.78 Å². The van der Waals surface area contributed by atoms with Crippen LogP contribution in [0, 0.1) is 75.9 Å². The van der Waals surface area contributed by atoms with Gasteiger partial charge in [-0.2, -0.15) is 0 Å². The molecular weight excluding hydrogens is 388 g/mol. The van der Waals surface area contributed by atoms with Crippen LogP contribution in [0.4, 0.5) is 0 Å². The van der Waals surface area contributed by atoms with Gasteiger partial charge in [-0.1, -0.05) is 68.7 Å². The zero-order valence-electron chi connectivity index (χ0n) is 22.9. The minimum atomic E-state index is 0.298. The highest BCUT2D eigenvalue weighted by molar-refractivity contribution is 5.83. The average Bonchev–Trinajstić information content (AvgIpc) is 3.10. The Morgan fingerprint density at radius 2 is 1.41 bits per heavy atom. The smallest absolute Gasteiger partial charge is 0.136 e. The van der Waals surface area contributed by atoms with Crippen molar-refractivity contribution in [2.45, 2.75) is 114 Å². The lowest BCUT2D eigenvalue weighted by Gasteiger charge is -2.60. The normalized spacial score (nSPS) is 47.9. The molecule has 0 saturated heterocycles. The number of carbonyl (C=O) groups excluding carboxylic acids is 1. The molecule has 0 amide bonds. The van der Waals surface area contributed by atoms with Crippen molar-refractivity contribution in [3.8, 4) is 0 Å². The van der Waals surface area contributed by atoms with Gasteiger partial charge >= 0.3 is 0 Å². The number of Topliss-reactive ketones (excluding diaryl/α,β-unsaturated/α-hetero) is 1. The Kier molecular flexibility index (Phi) is 6.75. The van der Waals surface area contributed by atoms with Crippen LogP contribution < -0.4 is 0 Å². The molecule has 0 radical (unpaired) electrons. The molecule has 4 saturated carbocycles. The summed E-state index contributed by atoms with van der Waals surface area (Å²) in [5.74, 6) is 8.78. The first-order chi connectivity index (χ1) is 14.9. The van der Waals surface area contributed by atoms with E-state index in [1.807, 2.05) is 0 Å². The van der Waals surface area contributed by atoms with Crippen molar-refractivity contribution in [3.05, 3.63) is 0 Å². The molecule has 4 rings (SSSR count). The zero-order chi connectivity index (χ0) is 23.6. The van der Waals surface area contributed by atoms with Gasteiger partial charge in [0.1, 0.15) is 5.78 Å². The molecular formula is C31H54O. The summed E-state index contributed by atoms with van der Waals surface area (Å²) < 4.78 is 0. The number of hydrogen-bond donors (Lipinski definition) is 0. The highest BCUT2D eigenvalue weighted by Gasteiger charge is 2.62. The number of hydrogen-bond acceptors (Lipinski definition) is 1. The average molecular weight is 443 g/mol. The van der Waals surface area contributed by atoms with Gasteiger partial charge in [-0.3, -0.25) is 4.79 Å². The van der Waals surface area contributed by atoms with Crippen LogP contribution in [0.2, 0.25) is 0 Å². The molecule has 1 heteroatoms. The van der Waals surface area contributed by atoms with Gasteiger partial charge in [0.2, 0.25) is 0 Å². The topological polar surface area (TPSA) is 17.1 Å². The van der Waals surface area contributed by atoms with E-state index in [4.69, 9.17) is 0 Å². The van der Waals surface area contributed by atoms with Gasteiger partial charge in [0, 0.05) is 12.3 Å². The summed E-state index contributed by atoms with van der Waals surface area (Å²) >= 11 is 0. The third kappa shape index (κ3) is 3.75. The molecule has 4 fully saturated rings. The maximum atomic E-state index is 13.5. The van der Waals surface area contributed by atoms with Crippen molar-refractivity contribution in [2.75, 3.05) is 0 Å². The predicted octanol–water partition coefficient (Wildman–Crippen LogP) is 8.66. The molecule has 3 unspecified atom stereocenters. The quantitative estimate of drug-likeness (QED) is 0.416. The van der Waals surface area contributed by atoms with Gasteiger partial charge in [-0.05, 0) is 109 Å². The molecule has 1 nitrogen and oxygen atoms in total. The first-order valence-electron chi connectivity index (χ1n) is 14.4. The fraction of sp³-hybridized carbons (Fsp3) is 0.968. The summed E-state index contributed by atoms with van der Waals surface area (Å²) in [5.41, 5.74) is 0.757. The fourth-order valence-corrected chi connectivity index (χ4v) is 10.1. The molecule has 0 spiro atoms. The lowest BCUT2D eigenvalue weighted by Crippen LogP contribution is -2.56. The minimum Gasteiger partial charge on any atom is -0.299 e. The number of carbonyl (C=O) groups is 1. The zero-order valence-corrected chi connectivity index (χ0v) is 22.9. The first kappa shape index (κ1) is 24.8. The summed E-state index contributed by atoms with van der Waals surface area (Å²) in [6.07, 6.45) is 10.3. The standard InChI is InChI=1S/C31H54O/c1-18(2)20(4)21(5)22(6)23(7)25-10-11-26-24-17-29(32)28-16-19(3)12-14-31(28,9)27(24)13-15-30(25,26)8/h18-28H,10-17H2,1-9H3/t19-,20+,21-,22+,23-,24?,25-,26?,27?,28-,30-,31-/m1/s1. The highest BCUT2D eigenvalue weighted by Crippen LogP contribution is 2.68. The van der Waals surface area contributed by atoms with Crippen LogP contribution in [0.3, 0.4) is 0 Å². The van der Waals surface area contributed by atoms with Gasteiger partial charge in [0.05, 0.1) is 0 Å². The van der Waals surface area contributed by atoms with Crippen molar-refractivity contribution < 1.29 is 4.79 Å². The van der Waals surface area contributed by atoms with Crippen molar-refractivity contribution in [3.63, 3.8) is 0 Å². The van der Waals surface area contributed by atoms with E-state index in [-0.39, 0.29) is 0 Å². The van der Waals surface area contributed by atoms with Crippen molar-refractivity contribution in [1.29, 1.82) is 0 Å². The molecule has 0 bridgehead atoms. The number of rotatable bonds is 5. The van der Waals surface area contributed by atoms with E-state index in [0.717, 1.165) is 59.7 Å². The van der Waals surface area contributed by atoms with Crippen molar-refractivity contribution >= 4 is 5.78 Å². The first-order valence-corrected chi connectivity index (χ1v) is 14.4. The second-order valence-corrected chi connectivity index (χ2v) is 14.4. The second-order valence-electron chi connectivity index (χ2n) is 14.4. The minimum absolute atomic E-state index is 0.298. The van der Waals surface area contributed by atoms with E-state index >= 15 is 0 Å². The van der Waals surface area contributed by atoms with E-state index in [9.17, 15) is 4.79 Å². The number of ketones is 1. The van der Waals surface area contributed by atoms with E-state index < -0.39 is 0 Å². The molecule has 12 atom stereocenters. The summed E-state index contributed by atoms with van der Waals surface area (Å²) in [6, 6.07) is 0. The SMILES string of the molecule is CC(C)[C@H](C)[C@@H](C)[C@H](C)[C@@H](C)[C@H]1CCC2C3CC(=O)[C@H]4C[C@H](C)CC[C@]4(C)C3CC[C@@]21C. The Bertz CT molecular complexity index is 695. The van der Waals surface area contributed by atoms with Gasteiger partial charge < -0.3 is 0 Å². The van der Waals surface area contributed by atoms with Gasteiger partial charge in [-0.25, -0.2) is 0 Å². The Morgan fingerprint density at radius 1 is 0.781 bits per heavy atom. The van der Waals surface area contributed by atoms with Crippen LogP contribution in [0.1, 0.15) is 114 Å². The van der Waals surface area contributed by atoms with E-state index in [1.165, 1.54) is 44.9 Å². The van der Waals surface area contributed by atoms with Crippen LogP contribution in [-0.2, 0) is 4.79 Å². The Labute approximate surface area is 200 Å². The molecule has 0 aromatic carbocycles. The molecule has 0 aromatic rings. The lowest BCUT2D eigenvalue weighted by atomic mass is 9.43. The van der Waals surface area contributed by atoms with Gasteiger partial charge in [0.15, 0.2) is 0 Å². The molecule has 4 aliphatic rings. The largest absolute Gasteiger partial charge is 0.299 e. The maximum absolute atomic E-state index is 13.5. The molecule has 0 aromatic heterocycles. The molecule has 0 aliphatic heterocycles. The van der Waals surface area contributed by atoms with E-state index in [0.29, 0.717) is 28.4 Å². The predicted molar refractivity (Wildman–Crippen MR) is 136 cm³/mol. The molecule has 4 aliphatic carbocycles. The second kappa shape index (κ2) is 8.71. The molecule has 0 heterocycles. The number of fused-ring (bicyclic) bond motifs is 5.